The minimum absolute atomic E-state index is 0.131. The second-order valence-corrected chi connectivity index (χ2v) is 15.5. The molecule has 9 rings (SSSR count). The third kappa shape index (κ3) is 2.60. The van der Waals surface area contributed by atoms with Crippen molar-refractivity contribution in [3.05, 3.63) is 96.2 Å². The minimum atomic E-state index is -4.15. The number of carbonyl (C=O) groups is 2. The van der Waals surface area contributed by atoms with Gasteiger partial charge in [-0.1, -0.05) is 76.2 Å². The van der Waals surface area contributed by atoms with E-state index in [1.807, 2.05) is 54.7 Å². The molecule has 1 N–H and O–H groups in total. The molecule has 4 atom stereocenters. The summed E-state index contributed by atoms with van der Waals surface area (Å²) in [6, 6.07) is 23.7. The second-order valence-electron chi connectivity index (χ2n) is 10.9. The lowest BCUT2D eigenvalue weighted by Crippen LogP contribution is -2.76. The molecule has 0 radical (unpaired) electrons. The van der Waals surface area contributed by atoms with Crippen LogP contribution in [0, 0.1) is 0 Å². The molecule has 1 aromatic heterocycles. The van der Waals surface area contributed by atoms with Crippen LogP contribution in [-0.4, -0.2) is 58.0 Å². The topological polar surface area (TPSA) is 93.8 Å². The summed E-state index contributed by atoms with van der Waals surface area (Å²) in [6.45, 7) is 1.75. The highest BCUT2D eigenvalue weighted by atomic mass is 33.1. The number of H-pyrrole nitrogens is 1. The summed E-state index contributed by atoms with van der Waals surface area (Å²) in [5.41, 5.74) is 2.08. The van der Waals surface area contributed by atoms with Crippen LogP contribution in [-0.2, 0) is 25.0 Å². The Bertz CT molecular complexity index is 1880. The normalized spacial score (nSPS) is 30.6. The summed E-state index contributed by atoms with van der Waals surface area (Å²) in [7, 11) is 0.293. The third-order valence-corrected chi connectivity index (χ3v) is 14.5. The van der Waals surface area contributed by atoms with Crippen LogP contribution in [0.15, 0.2) is 90.0 Å². The minimum Gasteiger partial charge on any atom is -0.361 e. The lowest BCUT2D eigenvalue weighted by Gasteiger charge is -2.58. The van der Waals surface area contributed by atoms with Crippen molar-refractivity contribution in [3.63, 3.8) is 0 Å². The van der Waals surface area contributed by atoms with Crippen molar-refractivity contribution in [2.24, 2.45) is 0 Å². The fourth-order valence-electron chi connectivity index (χ4n) is 7.10. The monoisotopic (exact) mass is 588 g/mol. The maximum Gasteiger partial charge on any atom is 0.266 e. The number of piperazine rings is 1. The van der Waals surface area contributed by atoms with Gasteiger partial charge >= 0.3 is 0 Å². The van der Waals surface area contributed by atoms with Crippen LogP contribution in [0.3, 0.4) is 0 Å². The smallest absolute Gasteiger partial charge is 0.266 e. The van der Waals surface area contributed by atoms with E-state index in [-0.39, 0.29) is 23.1 Å². The predicted molar refractivity (Wildman–Crippen MR) is 156 cm³/mol. The third-order valence-electron chi connectivity index (χ3n) is 9.04. The van der Waals surface area contributed by atoms with E-state index >= 15 is 0 Å². The lowest BCUT2D eigenvalue weighted by atomic mass is 9.72. The number of fused-ring (bicyclic) bond motifs is 6. The molecule has 2 amide bonds. The first-order valence-electron chi connectivity index (χ1n) is 12.9. The molecular formula is C29H24N4O4S3. The van der Waals surface area contributed by atoms with Crippen LogP contribution in [0.25, 0.3) is 10.9 Å². The van der Waals surface area contributed by atoms with E-state index in [4.69, 9.17) is 0 Å². The Morgan fingerprint density at radius 2 is 1.57 bits per heavy atom. The van der Waals surface area contributed by atoms with Gasteiger partial charge in [0.2, 0.25) is 0 Å². The molecule has 5 aliphatic heterocycles. The molecule has 1 spiro atoms. The van der Waals surface area contributed by atoms with Crippen molar-refractivity contribution in [1.82, 2.24) is 14.8 Å². The number of benzene rings is 3. The number of anilines is 1. The Balaban J connectivity index is 1.50. The van der Waals surface area contributed by atoms with Gasteiger partial charge in [0.1, 0.15) is 6.17 Å². The van der Waals surface area contributed by atoms with Gasteiger partial charge < -0.3 is 9.88 Å². The van der Waals surface area contributed by atoms with Crippen LogP contribution < -0.4 is 4.31 Å². The van der Waals surface area contributed by atoms with Crippen LogP contribution in [0.4, 0.5) is 5.69 Å². The summed E-state index contributed by atoms with van der Waals surface area (Å²) >= 11 is 0. The highest BCUT2D eigenvalue weighted by Gasteiger charge is 2.79. The highest BCUT2D eigenvalue weighted by Crippen LogP contribution is 2.71. The number of rotatable bonds is 3. The summed E-state index contributed by atoms with van der Waals surface area (Å²) in [6.07, 6.45) is 1.19. The average molecular weight is 589 g/mol. The van der Waals surface area contributed by atoms with Gasteiger partial charge in [0.15, 0.2) is 9.74 Å². The van der Waals surface area contributed by atoms with Gasteiger partial charge in [-0.2, -0.15) is 0 Å². The maximum atomic E-state index is 14.6. The number of hydrogen-bond acceptors (Lipinski definition) is 6. The molecule has 8 nitrogen and oxygen atoms in total. The van der Waals surface area contributed by atoms with E-state index in [1.165, 1.54) is 25.9 Å². The first-order valence-corrected chi connectivity index (χ1v) is 16.5. The Kier molecular flexibility index (Phi) is 4.67. The molecule has 4 saturated heterocycles. The maximum absolute atomic E-state index is 14.6. The van der Waals surface area contributed by atoms with E-state index < -0.39 is 31.3 Å². The Hall–Kier alpha value is -3.41. The van der Waals surface area contributed by atoms with E-state index in [0.717, 1.165) is 22.0 Å². The number of carbonyl (C=O) groups excluding carboxylic acids is 2. The molecule has 202 valence electrons. The number of aromatic nitrogens is 1. The van der Waals surface area contributed by atoms with Gasteiger partial charge in [0.05, 0.1) is 16.0 Å². The molecule has 5 aliphatic rings. The molecule has 11 heteroatoms. The van der Waals surface area contributed by atoms with Gasteiger partial charge in [-0.05, 0) is 42.3 Å². The number of aromatic amines is 1. The summed E-state index contributed by atoms with van der Waals surface area (Å²) in [4.78, 5) is 32.9. The van der Waals surface area contributed by atoms with Crippen molar-refractivity contribution in [1.29, 1.82) is 0 Å². The van der Waals surface area contributed by atoms with Crippen LogP contribution in [0.2, 0.25) is 0 Å². The molecule has 2 bridgehead atoms. The molecular weight excluding hydrogens is 565 g/mol. The van der Waals surface area contributed by atoms with E-state index in [0.29, 0.717) is 5.69 Å². The molecule has 40 heavy (non-hydrogen) atoms. The number of likely N-dealkylation sites (N-methyl/N-ethyl adjacent to an activating group) is 1. The van der Waals surface area contributed by atoms with Gasteiger partial charge in [-0.15, -0.1) is 0 Å². The lowest BCUT2D eigenvalue weighted by molar-refractivity contribution is -0.163. The number of para-hydroxylation sites is 2. The van der Waals surface area contributed by atoms with Gasteiger partial charge in [0.25, 0.3) is 21.8 Å². The summed E-state index contributed by atoms with van der Waals surface area (Å²) in [5.74, 6) is -0.437. The van der Waals surface area contributed by atoms with Crippen LogP contribution in [0.5, 0.6) is 0 Å². The van der Waals surface area contributed by atoms with Crippen molar-refractivity contribution in [2.75, 3.05) is 11.4 Å². The zero-order valence-electron chi connectivity index (χ0n) is 21.6. The molecule has 6 heterocycles. The first-order chi connectivity index (χ1) is 19.2. The van der Waals surface area contributed by atoms with Crippen molar-refractivity contribution >= 4 is 60.0 Å². The van der Waals surface area contributed by atoms with Crippen molar-refractivity contribution < 1.29 is 18.0 Å². The van der Waals surface area contributed by atoms with Crippen LogP contribution in [0.1, 0.15) is 24.5 Å². The molecule has 3 aromatic carbocycles. The number of amides is 2. The molecule has 4 aromatic rings. The predicted octanol–water partition coefficient (Wildman–Crippen LogP) is 4.50. The van der Waals surface area contributed by atoms with E-state index in [1.54, 1.807) is 54.1 Å². The largest absolute Gasteiger partial charge is 0.361 e. The first kappa shape index (κ1) is 24.4. The SMILES string of the molecule is CN1C(=O)[C@@]23C[C@]4(c5c[nH]c6ccccc56)c5ccccc5N(S(=O)(=O)c5ccccc5)[C@@H]4N2C(=O)[C@]1(C)SS3. The molecule has 0 saturated carbocycles. The van der Waals surface area contributed by atoms with E-state index in [9.17, 15) is 18.0 Å². The number of hydrogen-bond donors (Lipinski definition) is 1. The Labute approximate surface area is 239 Å². The number of nitrogens with zero attached hydrogens (tertiary/aromatic N) is 3. The standard InChI is InChI=1S/C29H24N4O4S3/c1-27-25(34)32-24-28(17-29(32,39-38-27)26(35)31(27)2,21-16-30-22-14-8-6-12-19(21)22)20-13-7-9-15-23(20)33(24)40(36,37)18-10-4-3-5-11-18/h3-16,24,30H,17H2,1-2H3/t24-,27-,28+,29-/m0/s1. The molecule has 0 aliphatic carbocycles. The number of nitrogens with one attached hydrogen (secondary N) is 1. The van der Waals surface area contributed by atoms with Gasteiger partial charge in [-0.3, -0.25) is 14.5 Å². The fraction of sp³-hybridized carbons (Fsp3) is 0.241. The summed E-state index contributed by atoms with van der Waals surface area (Å²) in [5, 5.41) is 0.934. The zero-order chi connectivity index (χ0) is 27.7. The second kappa shape index (κ2) is 7.65. The van der Waals surface area contributed by atoms with Gasteiger partial charge in [0, 0.05) is 30.6 Å². The average Bonchev–Trinajstić information content (AvgIpc) is 3.61. The van der Waals surface area contributed by atoms with Crippen molar-refractivity contribution in [3.8, 4) is 0 Å². The Morgan fingerprint density at radius 1 is 0.875 bits per heavy atom. The molecule has 4 fully saturated rings. The quantitative estimate of drug-likeness (QED) is 0.355. The van der Waals surface area contributed by atoms with Gasteiger partial charge in [-0.25, -0.2) is 12.7 Å². The molecule has 0 unspecified atom stereocenters. The van der Waals surface area contributed by atoms with E-state index in [2.05, 4.69) is 4.98 Å². The number of sulfonamides is 1. The zero-order valence-corrected chi connectivity index (χ0v) is 24.0. The highest BCUT2D eigenvalue weighted by molar-refractivity contribution is 8.78. The summed E-state index contributed by atoms with van der Waals surface area (Å²) < 4.78 is 30.6. The van der Waals surface area contributed by atoms with Crippen LogP contribution >= 0.6 is 21.6 Å². The van der Waals surface area contributed by atoms with Crippen molar-refractivity contribution in [2.45, 2.75) is 39.6 Å². The Morgan fingerprint density at radius 3 is 2.38 bits per heavy atom. The fourth-order valence-corrected chi connectivity index (χ4v) is 12.3.